The van der Waals surface area contributed by atoms with Crippen LogP contribution in [0.4, 0.5) is 4.79 Å². The first-order chi connectivity index (χ1) is 9.13. The average Bonchev–Trinajstić information content (AvgIpc) is 2.87. The zero-order valence-corrected chi connectivity index (χ0v) is 11.2. The maximum absolute atomic E-state index is 12.1. The van der Waals surface area contributed by atoms with Gasteiger partial charge in [0.2, 0.25) is 0 Å². The molecule has 2 saturated heterocycles. The number of carbonyl (C=O) groups is 2. The second-order valence-corrected chi connectivity index (χ2v) is 4.48. The molecule has 108 valence electrons. The van der Waals surface area contributed by atoms with E-state index in [9.17, 15) is 9.59 Å². The van der Waals surface area contributed by atoms with Gasteiger partial charge in [0.15, 0.2) is 5.79 Å². The second kappa shape index (κ2) is 5.75. The highest BCUT2D eigenvalue weighted by molar-refractivity contribution is 5.76. The van der Waals surface area contributed by atoms with Crippen molar-refractivity contribution in [2.24, 2.45) is 5.92 Å². The number of likely N-dealkylation sites (tertiary alicyclic amines) is 1. The second-order valence-electron chi connectivity index (χ2n) is 4.48. The maximum Gasteiger partial charge on any atom is 0.409 e. The molecule has 0 saturated carbocycles. The lowest BCUT2D eigenvalue weighted by molar-refractivity contribution is -0.226. The van der Waals surface area contributed by atoms with E-state index >= 15 is 0 Å². The number of hydrogen-bond donors (Lipinski definition) is 0. The van der Waals surface area contributed by atoms with Crippen LogP contribution in [0.5, 0.6) is 0 Å². The molecule has 7 nitrogen and oxygen atoms in total. The molecule has 0 bridgehead atoms. The summed E-state index contributed by atoms with van der Waals surface area (Å²) in [6, 6.07) is 0. The summed E-state index contributed by atoms with van der Waals surface area (Å²) >= 11 is 0. The number of amides is 1. The van der Waals surface area contributed by atoms with E-state index in [4.69, 9.17) is 14.2 Å². The molecule has 2 heterocycles. The van der Waals surface area contributed by atoms with Crippen molar-refractivity contribution in [3.8, 4) is 0 Å². The molecule has 1 amide bonds. The third-order valence-corrected chi connectivity index (χ3v) is 3.44. The first-order valence-electron chi connectivity index (χ1n) is 6.40. The van der Waals surface area contributed by atoms with Crippen LogP contribution in [0, 0.1) is 5.92 Å². The Labute approximate surface area is 111 Å². The first-order valence-corrected chi connectivity index (χ1v) is 6.40. The zero-order chi connectivity index (χ0) is 13.9. The van der Waals surface area contributed by atoms with Crippen LogP contribution in [0.2, 0.25) is 0 Å². The molecule has 0 aliphatic carbocycles. The third-order valence-electron chi connectivity index (χ3n) is 3.44. The number of rotatable bonds is 2. The lowest BCUT2D eigenvalue weighted by Gasteiger charge is -2.41. The standard InChI is InChI=1S/C12H19NO6/c1-3-17-10(14)9-8-13(11(15)16-2)5-4-12(9)18-6-7-19-12/h9H,3-8H2,1-2H3/t9-/m1/s1. The fourth-order valence-electron chi connectivity index (χ4n) is 2.52. The third kappa shape index (κ3) is 2.66. The molecular formula is C12H19NO6. The maximum atomic E-state index is 12.1. The number of esters is 1. The lowest BCUT2D eigenvalue weighted by atomic mass is 9.90. The van der Waals surface area contributed by atoms with Crippen LogP contribution in [-0.2, 0) is 23.7 Å². The summed E-state index contributed by atoms with van der Waals surface area (Å²) in [5.41, 5.74) is 0. The molecule has 0 aromatic rings. The quantitative estimate of drug-likeness (QED) is 0.677. The Morgan fingerprint density at radius 3 is 2.63 bits per heavy atom. The van der Waals surface area contributed by atoms with Gasteiger partial charge in [0.1, 0.15) is 5.92 Å². The molecule has 0 unspecified atom stereocenters. The van der Waals surface area contributed by atoms with Gasteiger partial charge in [-0.15, -0.1) is 0 Å². The minimum Gasteiger partial charge on any atom is -0.466 e. The van der Waals surface area contributed by atoms with Crippen molar-refractivity contribution in [3.63, 3.8) is 0 Å². The number of ether oxygens (including phenoxy) is 4. The van der Waals surface area contributed by atoms with Crippen LogP contribution in [0.25, 0.3) is 0 Å². The van der Waals surface area contributed by atoms with Crippen LogP contribution in [0.15, 0.2) is 0 Å². The van der Waals surface area contributed by atoms with Crippen molar-refractivity contribution in [2.75, 3.05) is 40.0 Å². The van der Waals surface area contributed by atoms with Gasteiger partial charge in [-0.25, -0.2) is 4.79 Å². The molecule has 0 radical (unpaired) electrons. The van der Waals surface area contributed by atoms with Gasteiger partial charge in [-0.05, 0) is 6.92 Å². The Kier molecular flexibility index (Phi) is 4.26. The molecule has 1 atom stereocenters. The Balaban J connectivity index is 2.14. The molecule has 0 aromatic heterocycles. The number of methoxy groups -OCH3 is 1. The van der Waals surface area contributed by atoms with Crippen LogP contribution in [0.1, 0.15) is 13.3 Å². The van der Waals surface area contributed by atoms with Crippen molar-refractivity contribution in [2.45, 2.75) is 19.1 Å². The Hall–Kier alpha value is -1.34. The molecular weight excluding hydrogens is 254 g/mol. The topological polar surface area (TPSA) is 74.3 Å². The summed E-state index contributed by atoms with van der Waals surface area (Å²) in [4.78, 5) is 25.1. The summed E-state index contributed by atoms with van der Waals surface area (Å²) in [7, 11) is 1.31. The van der Waals surface area contributed by atoms with E-state index < -0.39 is 23.8 Å². The molecule has 0 aromatic carbocycles. The number of hydrogen-bond acceptors (Lipinski definition) is 6. The molecule has 2 aliphatic heterocycles. The predicted molar refractivity (Wildman–Crippen MR) is 63.4 cm³/mol. The summed E-state index contributed by atoms with van der Waals surface area (Å²) < 4.78 is 21.0. The van der Waals surface area contributed by atoms with Crippen LogP contribution < -0.4 is 0 Å². The van der Waals surface area contributed by atoms with Crippen molar-refractivity contribution in [3.05, 3.63) is 0 Å². The zero-order valence-electron chi connectivity index (χ0n) is 11.2. The van der Waals surface area contributed by atoms with Gasteiger partial charge < -0.3 is 23.8 Å². The molecule has 2 rings (SSSR count). The Bertz CT molecular complexity index is 352. The van der Waals surface area contributed by atoms with Crippen LogP contribution in [0.3, 0.4) is 0 Å². The molecule has 7 heteroatoms. The van der Waals surface area contributed by atoms with E-state index in [-0.39, 0.29) is 13.2 Å². The monoisotopic (exact) mass is 273 g/mol. The van der Waals surface area contributed by atoms with Gasteiger partial charge in [0.25, 0.3) is 0 Å². The van der Waals surface area contributed by atoms with Crippen LogP contribution in [-0.4, -0.2) is 62.8 Å². The van der Waals surface area contributed by atoms with Crippen molar-refractivity contribution in [1.29, 1.82) is 0 Å². The number of piperidine rings is 1. The summed E-state index contributed by atoms with van der Waals surface area (Å²) in [6.45, 7) is 3.54. The molecule has 1 spiro atoms. The fraction of sp³-hybridized carbons (Fsp3) is 0.833. The molecule has 2 fully saturated rings. The number of nitrogens with zero attached hydrogens (tertiary/aromatic N) is 1. The SMILES string of the molecule is CCOC(=O)[C@H]1CN(C(=O)OC)CCC12OCCO2. The van der Waals surface area contributed by atoms with E-state index in [1.807, 2.05) is 0 Å². The minimum atomic E-state index is -0.948. The van der Waals surface area contributed by atoms with E-state index in [0.717, 1.165) is 0 Å². The highest BCUT2D eigenvalue weighted by atomic mass is 16.7. The van der Waals surface area contributed by atoms with E-state index in [1.165, 1.54) is 12.0 Å². The van der Waals surface area contributed by atoms with E-state index in [0.29, 0.717) is 26.2 Å². The Morgan fingerprint density at radius 1 is 1.37 bits per heavy atom. The summed E-state index contributed by atoms with van der Waals surface area (Å²) in [6.07, 6.45) is -0.0203. The highest BCUT2D eigenvalue weighted by Gasteiger charge is 2.53. The van der Waals surface area contributed by atoms with Gasteiger partial charge in [-0.2, -0.15) is 0 Å². The van der Waals surface area contributed by atoms with Gasteiger partial charge >= 0.3 is 12.1 Å². The van der Waals surface area contributed by atoms with Gasteiger partial charge in [0.05, 0.1) is 26.9 Å². The van der Waals surface area contributed by atoms with Crippen molar-refractivity contribution in [1.82, 2.24) is 4.90 Å². The Morgan fingerprint density at radius 2 is 2.05 bits per heavy atom. The number of carbonyl (C=O) groups excluding carboxylic acids is 2. The highest BCUT2D eigenvalue weighted by Crippen LogP contribution is 2.37. The largest absolute Gasteiger partial charge is 0.466 e. The predicted octanol–water partition coefficient (Wildman–Crippen LogP) is 0.381. The molecule has 2 aliphatic rings. The summed E-state index contributed by atoms with van der Waals surface area (Å²) in [5.74, 6) is -1.99. The molecule has 0 N–H and O–H groups in total. The van der Waals surface area contributed by atoms with Crippen molar-refractivity contribution < 1.29 is 28.5 Å². The molecule has 19 heavy (non-hydrogen) atoms. The lowest BCUT2D eigenvalue weighted by Crippen LogP contribution is -2.57. The summed E-state index contributed by atoms with van der Waals surface area (Å²) in [5, 5.41) is 0. The normalized spacial score (nSPS) is 25.4. The average molecular weight is 273 g/mol. The van der Waals surface area contributed by atoms with E-state index in [1.54, 1.807) is 6.92 Å². The van der Waals surface area contributed by atoms with Gasteiger partial charge in [-0.1, -0.05) is 0 Å². The fourth-order valence-corrected chi connectivity index (χ4v) is 2.52. The minimum absolute atomic E-state index is 0.186. The smallest absolute Gasteiger partial charge is 0.409 e. The van der Waals surface area contributed by atoms with Crippen LogP contribution >= 0.6 is 0 Å². The van der Waals surface area contributed by atoms with E-state index in [2.05, 4.69) is 4.74 Å². The van der Waals surface area contributed by atoms with Crippen molar-refractivity contribution >= 4 is 12.1 Å². The van der Waals surface area contributed by atoms with Gasteiger partial charge in [0, 0.05) is 19.5 Å². The van der Waals surface area contributed by atoms with Gasteiger partial charge in [-0.3, -0.25) is 4.79 Å². The first kappa shape index (κ1) is 14.1.